The molecule has 6 nitrogen and oxygen atoms in total. The molecule has 0 unspecified atom stereocenters. The summed E-state index contributed by atoms with van der Waals surface area (Å²) in [7, 11) is 3.33. The van der Waals surface area contributed by atoms with E-state index in [1.165, 1.54) is 0 Å². The van der Waals surface area contributed by atoms with Gasteiger partial charge in [0.15, 0.2) is 0 Å². The summed E-state index contributed by atoms with van der Waals surface area (Å²) in [4.78, 5) is 24.7. The summed E-state index contributed by atoms with van der Waals surface area (Å²) >= 11 is 0. The van der Waals surface area contributed by atoms with Crippen molar-refractivity contribution in [2.75, 3.05) is 40.4 Å². The number of rotatable bonds is 8. The zero-order valence-electron chi connectivity index (χ0n) is 12.6. The Bertz CT molecular complexity index is 287. The SMILES string of the molecule is COCCCNC(=O)CN(C)CC(=O)OC(C)(C)C. The lowest BCUT2D eigenvalue weighted by atomic mass is 10.2. The van der Waals surface area contributed by atoms with Crippen molar-refractivity contribution in [1.29, 1.82) is 0 Å². The van der Waals surface area contributed by atoms with Crippen LogP contribution in [0.25, 0.3) is 0 Å². The number of esters is 1. The van der Waals surface area contributed by atoms with Crippen LogP contribution >= 0.6 is 0 Å². The molecule has 0 aliphatic heterocycles. The van der Waals surface area contributed by atoms with Gasteiger partial charge in [-0.25, -0.2) is 0 Å². The minimum absolute atomic E-state index is 0.1000. The first-order valence-electron chi connectivity index (χ1n) is 6.40. The molecular formula is C13H26N2O4. The standard InChI is InChI=1S/C13H26N2O4/c1-13(2,3)19-12(17)10-15(4)9-11(16)14-7-6-8-18-5/h6-10H2,1-5H3,(H,14,16). The number of carbonyl (C=O) groups excluding carboxylic acids is 2. The lowest BCUT2D eigenvalue weighted by Crippen LogP contribution is -2.39. The summed E-state index contributed by atoms with van der Waals surface area (Å²) in [5.74, 6) is -0.440. The van der Waals surface area contributed by atoms with Crippen LogP contribution in [0.1, 0.15) is 27.2 Å². The van der Waals surface area contributed by atoms with Crippen LogP contribution in [0.4, 0.5) is 0 Å². The summed E-state index contributed by atoms with van der Waals surface area (Å²) in [5.41, 5.74) is -0.500. The van der Waals surface area contributed by atoms with E-state index >= 15 is 0 Å². The highest BCUT2D eigenvalue weighted by molar-refractivity contribution is 5.79. The second kappa shape index (κ2) is 8.87. The smallest absolute Gasteiger partial charge is 0.320 e. The molecule has 0 spiro atoms. The molecule has 19 heavy (non-hydrogen) atoms. The van der Waals surface area contributed by atoms with E-state index in [0.717, 1.165) is 6.42 Å². The molecule has 0 aromatic rings. The van der Waals surface area contributed by atoms with Crippen molar-refractivity contribution in [2.45, 2.75) is 32.8 Å². The lowest BCUT2D eigenvalue weighted by molar-refractivity contribution is -0.155. The van der Waals surface area contributed by atoms with Crippen LogP contribution in [0.2, 0.25) is 0 Å². The normalized spacial score (nSPS) is 11.5. The van der Waals surface area contributed by atoms with Crippen LogP contribution in [-0.2, 0) is 19.1 Å². The third-order valence-electron chi connectivity index (χ3n) is 2.08. The molecule has 0 heterocycles. The van der Waals surface area contributed by atoms with E-state index in [1.54, 1.807) is 19.1 Å². The Hall–Kier alpha value is -1.14. The molecule has 0 fully saturated rings. The highest BCUT2D eigenvalue weighted by Crippen LogP contribution is 2.06. The van der Waals surface area contributed by atoms with Crippen LogP contribution < -0.4 is 5.32 Å². The van der Waals surface area contributed by atoms with Crippen LogP contribution in [-0.4, -0.2) is 62.8 Å². The second-order valence-corrected chi connectivity index (χ2v) is 5.46. The van der Waals surface area contributed by atoms with Gasteiger partial charge in [-0.05, 0) is 34.2 Å². The molecule has 0 atom stereocenters. The molecule has 0 bridgehead atoms. The minimum Gasteiger partial charge on any atom is -0.459 e. The van der Waals surface area contributed by atoms with E-state index in [1.807, 2.05) is 20.8 Å². The molecule has 0 aromatic carbocycles. The van der Waals surface area contributed by atoms with Crippen LogP contribution in [0, 0.1) is 0 Å². The highest BCUT2D eigenvalue weighted by atomic mass is 16.6. The van der Waals surface area contributed by atoms with Gasteiger partial charge in [-0.2, -0.15) is 0 Å². The largest absolute Gasteiger partial charge is 0.459 e. The predicted molar refractivity (Wildman–Crippen MR) is 72.8 cm³/mol. The van der Waals surface area contributed by atoms with Crippen molar-refractivity contribution in [3.05, 3.63) is 0 Å². The number of carbonyl (C=O) groups is 2. The maximum Gasteiger partial charge on any atom is 0.320 e. The minimum atomic E-state index is -0.500. The van der Waals surface area contributed by atoms with Crippen molar-refractivity contribution >= 4 is 11.9 Å². The first-order chi connectivity index (χ1) is 8.74. The fraction of sp³-hybridized carbons (Fsp3) is 0.846. The van der Waals surface area contributed by atoms with E-state index in [9.17, 15) is 9.59 Å². The summed E-state index contributed by atoms with van der Waals surface area (Å²) in [5, 5.41) is 2.76. The van der Waals surface area contributed by atoms with E-state index in [0.29, 0.717) is 13.2 Å². The fourth-order valence-corrected chi connectivity index (χ4v) is 1.40. The third kappa shape index (κ3) is 11.7. The van der Waals surface area contributed by atoms with E-state index in [2.05, 4.69) is 5.32 Å². The monoisotopic (exact) mass is 274 g/mol. The van der Waals surface area contributed by atoms with E-state index in [-0.39, 0.29) is 25.0 Å². The average Bonchev–Trinajstić information content (AvgIpc) is 2.21. The maximum absolute atomic E-state index is 11.5. The predicted octanol–water partition coefficient (Wildman–Crippen LogP) is 0.413. The number of hydrogen-bond acceptors (Lipinski definition) is 5. The first-order valence-corrected chi connectivity index (χ1v) is 6.40. The molecule has 1 N–H and O–H groups in total. The molecule has 0 saturated heterocycles. The van der Waals surface area contributed by atoms with Gasteiger partial charge in [-0.15, -0.1) is 0 Å². The Kier molecular flexibility index (Phi) is 8.34. The second-order valence-electron chi connectivity index (χ2n) is 5.46. The van der Waals surface area contributed by atoms with Gasteiger partial charge < -0.3 is 14.8 Å². The number of nitrogens with one attached hydrogen (secondary N) is 1. The quantitative estimate of drug-likeness (QED) is 0.513. The van der Waals surface area contributed by atoms with Crippen molar-refractivity contribution in [3.63, 3.8) is 0 Å². The molecule has 112 valence electrons. The topological polar surface area (TPSA) is 67.9 Å². The molecule has 6 heteroatoms. The van der Waals surface area contributed by atoms with Crippen LogP contribution in [0.3, 0.4) is 0 Å². The zero-order valence-corrected chi connectivity index (χ0v) is 12.6. The van der Waals surface area contributed by atoms with Crippen molar-refractivity contribution in [2.24, 2.45) is 0 Å². The average molecular weight is 274 g/mol. The van der Waals surface area contributed by atoms with Gasteiger partial charge in [0.1, 0.15) is 5.60 Å². The first kappa shape index (κ1) is 17.9. The number of nitrogens with zero attached hydrogens (tertiary/aromatic N) is 1. The Morgan fingerprint density at radius 1 is 1.21 bits per heavy atom. The number of likely N-dealkylation sites (N-methyl/N-ethyl adjacent to an activating group) is 1. The van der Waals surface area contributed by atoms with Gasteiger partial charge in [0.05, 0.1) is 13.1 Å². The molecule has 0 aromatic heterocycles. The molecule has 0 saturated carbocycles. The number of amides is 1. The Morgan fingerprint density at radius 2 is 1.84 bits per heavy atom. The molecule has 0 aliphatic carbocycles. The number of methoxy groups -OCH3 is 1. The maximum atomic E-state index is 11.5. The van der Waals surface area contributed by atoms with Crippen molar-refractivity contribution in [1.82, 2.24) is 10.2 Å². The Morgan fingerprint density at radius 3 is 2.37 bits per heavy atom. The van der Waals surface area contributed by atoms with Crippen molar-refractivity contribution in [3.8, 4) is 0 Å². The zero-order chi connectivity index (χ0) is 14.9. The van der Waals surface area contributed by atoms with Gasteiger partial charge in [0.2, 0.25) is 5.91 Å². The summed E-state index contributed by atoms with van der Waals surface area (Å²) in [6.45, 7) is 6.91. The van der Waals surface area contributed by atoms with Gasteiger partial charge in [-0.1, -0.05) is 0 Å². The molecule has 0 radical (unpaired) electrons. The van der Waals surface area contributed by atoms with Crippen molar-refractivity contribution < 1.29 is 19.1 Å². The Labute approximate surface area is 115 Å². The van der Waals surface area contributed by atoms with E-state index < -0.39 is 5.60 Å². The van der Waals surface area contributed by atoms with Gasteiger partial charge >= 0.3 is 5.97 Å². The highest BCUT2D eigenvalue weighted by Gasteiger charge is 2.18. The third-order valence-corrected chi connectivity index (χ3v) is 2.08. The summed E-state index contributed by atoms with van der Waals surface area (Å²) < 4.78 is 10.1. The number of hydrogen-bond donors (Lipinski definition) is 1. The van der Waals surface area contributed by atoms with E-state index in [4.69, 9.17) is 9.47 Å². The van der Waals surface area contributed by atoms with Gasteiger partial charge in [0, 0.05) is 20.3 Å². The summed E-state index contributed by atoms with van der Waals surface area (Å²) in [6.07, 6.45) is 0.776. The molecule has 1 amide bonds. The van der Waals surface area contributed by atoms with Crippen LogP contribution in [0.5, 0.6) is 0 Å². The number of ether oxygens (including phenoxy) is 2. The fourth-order valence-electron chi connectivity index (χ4n) is 1.40. The Balaban J connectivity index is 3.81. The molecular weight excluding hydrogens is 248 g/mol. The van der Waals surface area contributed by atoms with Gasteiger partial charge in [0.25, 0.3) is 0 Å². The molecule has 0 aliphatic rings. The lowest BCUT2D eigenvalue weighted by Gasteiger charge is -2.22. The van der Waals surface area contributed by atoms with Gasteiger partial charge in [-0.3, -0.25) is 14.5 Å². The summed E-state index contributed by atoms with van der Waals surface area (Å²) in [6, 6.07) is 0. The van der Waals surface area contributed by atoms with Crippen LogP contribution in [0.15, 0.2) is 0 Å². The molecule has 0 rings (SSSR count).